The summed E-state index contributed by atoms with van der Waals surface area (Å²) in [4.78, 5) is 5.34. The number of nitrogens with zero attached hydrogens (tertiary/aromatic N) is 2. The van der Waals surface area contributed by atoms with E-state index in [1.807, 2.05) is 17.8 Å². The fourth-order valence-electron chi connectivity index (χ4n) is 1.88. The molecule has 1 unspecified atom stereocenters. The Morgan fingerprint density at radius 2 is 2.15 bits per heavy atom. The van der Waals surface area contributed by atoms with E-state index in [0.29, 0.717) is 0 Å². The number of thioether (sulfide) groups is 1. The van der Waals surface area contributed by atoms with Crippen LogP contribution in [0.4, 0.5) is 4.39 Å². The summed E-state index contributed by atoms with van der Waals surface area (Å²) in [7, 11) is 1.99. The van der Waals surface area contributed by atoms with E-state index in [1.165, 1.54) is 12.1 Å². The van der Waals surface area contributed by atoms with Gasteiger partial charge in [-0.05, 0) is 30.7 Å². The van der Waals surface area contributed by atoms with Crippen molar-refractivity contribution in [2.75, 3.05) is 5.75 Å². The summed E-state index contributed by atoms with van der Waals surface area (Å²) in [6.07, 6.45) is 5.53. The topological polar surface area (TPSA) is 55.9 Å². The van der Waals surface area contributed by atoms with Gasteiger partial charge in [0.2, 0.25) is 0 Å². The quantitative estimate of drug-likeness (QED) is 0.466. The van der Waals surface area contributed by atoms with Crippen LogP contribution in [0.5, 0.6) is 0 Å². The van der Waals surface area contributed by atoms with Crippen molar-refractivity contribution in [3.8, 4) is 0 Å². The van der Waals surface area contributed by atoms with Crippen LogP contribution in [0.1, 0.15) is 12.2 Å². The third-order valence-corrected chi connectivity index (χ3v) is 4.31. The van der Waals surface area contributed by atoms with E-state index in [0.717, 1.165) is 29.3 Å². The maximum atomic E-state index is 12.8. The zero-order chi connectivity index (χ0) is 14.4. The Labute approximate surface area is 122 Å². The van der Waals surface area contributed by atoms with E-state index in [4.69, 9.17) is 5.84 Å². The van der Waals surface area contributed by atoms with E-state index in [1.54, 1.807) is 30.1 Å². The number of nitrogens with two attached hydrogens (primary N) is 1. The molecule has 2 aromatic rings. The lowest BCUT2D eigenvalue weighted by Gasteiger charge is -2.15. The summed E-state index contributed by atoms with van der Waals surface area (Å²) in [6, 6.07) is 6.71. The van der Waals surface area contributed by atoms with Crippen LogP contribution in [0, 0.1) is 5.82 Å². The average Bonchev–Trinajstić information content (AvgIpc) is 2.86. The van der Waals surface area contributed by atoms with Crippen molar-refractivity contribution in [2.24, 2.45) is 12.9 Å². The summed E-state index contributed by atoms with van der Waals surface area (Å²) in [5.41, 5.74) is 2.83. The highest BCUT2D eigenvalue weighted by Gasteiger charge is 2.09. The monoisotopic (exact) mass is 294 g/mol. The number of hydrogen-bond acceptors (Lipinski definition) is 4. The smallest absolute Gasteiger partial charge is 0.123 e. The number of hydrogen-bond donors (Lipinski definition) is 2. The molecule has 0 aliphatic rings. The number of aromatic nitrogens is 2. The minimum Gasteiger partial charge on any atom is -0.338 e. The molecule has 1 aromatic heterocycles. The van der Waals surface area contributed by atoms with Crippen LogP contribution < -0.4 is 11.3 Å². The molecule has 6 heteroatoms. The summed E-state index contributed by atoms with van der Waals surface area (Å²) < 4.78 is 14.8. The van der Waals surface area contributed by atoms with E-state index in [-0.39, 0.29) is 11.9 Å². The van der Waals surface area contributed by atoms with Crippen molar-refractivity contribution in [2.45, 2.75) is 23.8 Å². The van der Waals surface area contributed by atoms with Crippen molar-refractivity contribution in [3.05, 3.63) is 48.3 Å². The Hall–Kier alpha value is -1.37. The van der Waals surface area contributed by atoms with E-state index >= 15 is 0 Å². The second-order valence-corrected chi connectivity index (χ2v) is 5.71. The first-order valence-electron chi connectivity index (χ1n) is 6.49. The molecule has 0 amide bonds. The molecule has 0 spiro atoms. The predicted molar refractivity (Wildman–Crippen MR) is 79.8 cm³/mol. The maximum Gasteiger partial charge on any atom is 0.123 e. The number of aryl methyl sites for hydroxylation is 2. The molecule has 3 N–H and O–H groups in total. The van der Waals surface area contributed by atoms with Gasteiger partial charge in [-0.1, -0.05) is 0 Å². The van der Waals surface area contributed by atoms with Gasteiger partial charge in [0.05, 0.1) is 0 Å². The fourth-order valence-corrected chi connectivity index (χ4v) is 2.87. The molecule has 0 radical (unpaired) electrons. The minimum absolute atomic E-state index is 0.196. The number of rotatable bonds is 7. The van der Waals surface area contributed by atoms with Gasteiger partial charge in [-0.15, -0.1) is 11.8 Å². The highest BCUT2D eigenvalue weighted by Crippen LogP contribution is 2.20. The lowest BCUT2D eigenvalue weighted by molar-refractivity contribution is 0.528. The van der Waals surface area contributed by atoms with Gasteiger partial charge in [0.15, 0.2) is 0 Å². The van der Waals surface area contributed by atoms with Gasteiger partial charge >= 0.3 is 0 Å². The largest absolute Gasteiger partial charge is 0.338 e. The number of hydrazine groups is 1. The zero-order valence-electron chi connectivity index (χ0n) is 11.4. The van der Waals surface area contributed by atoms with Crippen molar-refractivity contribution in [1.29, 1.82) is 0 Å². The van der Waals surface area contributed by atoms with Crippen LogP contribution in [-0.2, 0) is 13.5 Å². The van der Waals surface area contributed by atoms with E-state index in [9.17, 15) is 4.39 Å². The SMILES string of the molecule is Cn1ccnc1CCC(CSc1ccc(F)cc1)NN. The van der Waals surface area contributed by atoms with Gasteiger partial charge in [-0.25, -0.2) is 9.37 Å². The molecular weight excluding hydrogens is 275 g/mol. The van der Waals surface area contributed by atoms with Crippen molar-refractivity contribution in [1.82, 2.24) is 15.0 Å². The number of imidazole rings is 1. The molecule has 20 heavy (non-hydrogen) atoms. The van der Waals surface area contributed by atoms with Crippen molar-refractivity contribution in [3.63, 3.8) is 0 Å². The molecule has 4 nitrogen and oxygen atoms in total. The van der Waals surface area contributed by atoms with Gasteiger partial charge in [0, 0.05) is 42.6 Å². The first-order valence-corrected chi connectivity index (χ1v) is 7.48. The van der Waals surface area contributed by atoms with Gasteiger partial charge in [0.25, 0.3) is 0 Å². The standard InChI is InChI=1S/C14H19FN4S/c1-19-9-8-17-14(19)7-4-12(18-16)10-20-13-5-2-11(15)3-6-13/h2-3,5-6,8-9,12,18H,4,7,10,16H2,1H3. The van der Waals surface area contributed by atoms with Crippen LogP contribution >= 0.6 is 11.8 Å². The molecular formula is C14H19FN4S. The maximum absolute atomic E-state index is 12.8. The summed E-state index contributed by atoms with van der Waals surface area (Å²) in [5.74, 6) is 7.27. The molecule has 0 aliphatic heterocycles. The lowest BCUT2D eigenvalue weighted by Crippen LogP contribution is -2.37. The van der Waals surface area contributed by atoms with Gasteiger partial charge in [-0.3, -0.25) is 11.3 Å². The Bertz CT molecular complexity index is 526. The number of benzene rings is 1. The first-order chi connectivity index (χ1) is 9.69. The molecule has 2 rings (SSSR count). The average molecular weight is 294 g/mol. The fraction of sp³-hybridized carbons (Fsp3) is 0.357. The Morgan fingerprint density at radius 1 is 1.40 bits per heavy atom. The van der Waals surface area contributed by atoms with Crippen LogP contribution in [0.15, 0.2) is 41.6 Å². The normalized spacial score (nSPS) is 12.6. The van der Waals surface area contributed by atoms with Gasteiger partial charge < -0.3 is 4.57 Å². The number of nitrogens with one attached hydrogen (secondary N) is 1. The van der Waals surface area contributed by atoms with Crippen molar-refractivity contribution < 1.29 is 4.39 Å². The molecule has 1 heterocycles. The second-order valence-electron chi connectivity index (χ2n) is 4.62. The van der Waals surface area contributed by atoms with Crippen LogP contribution in [0.2, 0.25) is 0 Å². The van der Waals surface area contributed by atoms with E-state index < -0.39 is 0 Å². The highest BCUT2D eigenvalue weighted by atomic mass is 32.2. The highest BCUT2D eigenvalue weighted by molar-refractivity contribution is 7.99. The van der Waals surface area contributed by atoms with Crippen LogP contribution in [0.25, 0.3) is 0 Å². The van der Waals surface area contributed by atoms with Gasteiger partial charge in [0.1, 0.15) is 11.6 Å². The number of halogens is 1. The molecule has 0 saturated carbocycles. The van der Waals surface area contributed by atoms with Gasteiger partial charge in [-0.2, -0.15) is 0 Å². The minimum atomic E-state index is -0.211. The van der Waals surface area contributed by atoms with Crippen molar-refractivity contribution >= 4 is 11.8 Å². The molecule has 1 atom stereocenters. The lowest BCUT2D eigenvalue weighted by atomic mass is 10.2. The van der Waals surface area contributed by atoms with Crippen LogP contribution in [0.3, 0.4) is 0 Å². The Morgan fingerprint density at radius 3 is 2.75 bits per heavy atom. The summed E-state index contributed by atoms with van der Waals surface area (Å²) in [6.45, 7) is 0. The molecule has 0 aliphatic carbocycles. The van der Waals surface area contributed by atoms with Crippen LogP contribution in [-0.4, -0.2) is 21.3 Å². The molecule has 108 valence electrons. The molecule has 0 fully saturated rings. The Balaban J connectivity index is 1.80. The second kappa shape index (κ2) is 7.42. The summed E-state index contributed by atoms with van der Waals surface area (Å²) >= 11 is 1.67. The Kier molecular flexibility index (Phi) is 5.58. The molecule has 0 bridgehead atoms. The zero-order valence-corrected chi connectivity index (χ0v) is 12.2. The summed E-state index contributed by atoms with van der Waals surface area (Å²) in [5, 5.41) is 0. The molecule has 0 saturated heterocycles. The van der Waals surface area contributed by atoms with E-state index in [2.05, 4.69) is 10.4 Å². The third kappa shape index (κ3) is 4.33. The third-order valence-electron chi connectivity index (χ3n) is 3.14. The first kappa shape index (κ1) is 15.0. The predicted octanol–water partition coefficient (Wildman–Crippen LogP) is 2.12. The molecule has 1 aromatic carbocycles.